The van der Waals surface area contributed by atoms with Crippen LogP contribution < -0.4 is 16.6 Å². The van der Waals surface area contributed by atoms with Gasteiger partial charge in [0.05, 0.1) is 0 Å². The normalized spacial score (nSPS) is 17.1. The minimum absolute atomic E-state index is 0.702. The van der Waals surface area contributed by atoms with Gasteiger partial charge in [-0.05, 0) is 24.8 Å². The number of nitrogen functional groups attached to an aromatic ring is 1. The third-order valence-electron chi connectivity index (χ3n) is 3.23. The first kappa shape index (κ1) is 11.2. The minimum atomic E-state index is 0.702. The first-order chi connectivity index (χ1) is 7.88. The van der Waals surface area contributed by atoms with E-state index in [1.807, 2.05) is 12.1 Å². The van der Waals surface area contributed by atoms with Crippen molar-refractivity contribution in [2.45, 2.75) is 32.1 Å². The van der Waals surface area contributed by atoms with E-state index in [2.05, 4.69) is 15.7 Å². The van der Waals surface area contributed by atoms with Crippen molar-refractivity contribution in [3.05, 3.63) is 18.3 Å². The highest BCUT2D eigenvalue weighted by molar-refractivity contribution is 5.51. The van der Waals surface area contributed by atoms with Gasteiger partial charge in [-0.3, -0.25) is 0 Å². The molecule has 1 heterocycles. The van der Waals surface area contributed by atoms with Crippen molar-refractivity contribution in [2.75, 3.05) is 17.3 Å². The molecule has 2 rings (SSSR count). The molecule has 0 spiro atoms. The van der Waals surface area contributed by atoms with Gasteiger partial charge in [-0.15, -0.1) is 0 Å². The number of rotatable bonds is 4. The standard InChI is InChI=1S/C12H20N4/c13-16-12-8-11(6-7-14-12)15-9-10-4-2-1-3-5-10/h6-8,10H,1-5,9,13H2,(H2,14,15,16). The van der Waals surface area contributed by atoms with Crippen LogP contribution in [0, 0.1) is 5.92 Å². The van der Waals surface area contributed by atoms with Crippen LogP contribution in [0.4, 0.5) is 11.5 Å². The largest absolute Gasteiger partial charge is 0.385 e. The lowest BCUT2D eigenvalue weighted by Gasteiger charge is -2.22. The lowest BCUT2D eigenvalue weighted by molar-refractivity contribution is 0.373. The predicted molar refractivity (Wildman–Crippen MR) is 67.1 cm³/mol. The molecule has 4 nitrogen and oxygen atoms in total. The molecule has 1 aromatic heterocycles. The minimum Gasteiger partial charge on any atom is -0.385 e. The molecule has 1 fully saturated rings. The summed E-state index contributed by atoms with van der Waals surface area (Å²) in [6.45, 7) is 1.06. The molecule has 1 aliphatic rings. The number of hydrogen-bond acceptors (Lipinski definition) is 4. The summed E-state index contributed by atoms with van der Waals surface area (Å²) in [5.41, 5.74) is 3.65. The quantitative estimate of drug-likeness (QED) is 0.538. The van der Waals surface area contributed by atoms with Gasteiger partial charge in [-0.1, -0.05) is 19.3 Å². The number of anilines is 2. The molecule has 0 unspecified atom stereocenters. The van der Waals surface area contributed by atoms with E-state index in [4.69, 9.17) is 5.84 Å². The van der Waals surface area contributed by atoms with E-state index in [1.165, 1.54) is 32.1 Å². The van der Waals surface area contributed by atoms with Gasteiger partial charge >= 0.3 is 0 Å². The lowest BCUT2D eigenvalue weighted by Crippen LogP contribution is -2.17. The SMILES string of the molecule is NNc1cc(NCC2CCCCC2)ccn1. The molecule has 0 aliphatic heterocycles. The first-order valence-corrected chi connectivity index (χ1v) is 6.05. The second kappa shape index (κ2) is 5.70. The van der Waals surface area contributed by atoms with Crippen LogP contribution >= 0.6 is 0 Å². The van der Waals surface area contributed by atoms with Crippen molar-refractivity contribution in [2.24, 2.45) is 11.8 Å². The van der Waals surface area contributed by atoms with Crippen molar-refractivity contribution in [3.8, 4) is 0 Å². The first-order valence-electron chi connectivity index (χ1n) is 6.05. The van der Waals surface area contributed by atoms with Crippen molar-refractivity contribution < 1.29 is 0 Å². The van der Waals surface area contributed by atoms with E-state index in [1.54, 1.807) is 6.20 Å². The van der Waals surface area contributed by atoms with Gasteiger partial charge < -0.3 is 10.7 Å². The fourth-order valence-electron chi connectivity index (χ4n) is 2.27. The Morgan fingerprint density at radius 2 is 2.12 bits per heavy atom. The maximum atomic E-state index is 5.32. The van der Waals surface area contributed by atoms with Gasteiger partial charge in [0, 0.05) is 24.5 Å². The van der Waals surface area contributed by atoms with Gasteiger partial charge in [0.15, 0.2) is 0 Å². The van der Waals surface area contributed by atoms with Gasteiger partial charge in [-0.25, -0.2) is 10.8 Å². The number of nitrogens with one attached hydrogen (secondary N) is 2. The van der Waals surface area contributed by atoms with Crippen LogP contribution in [-0.4, -0.2) is 11.5 Å². The van der Waals surface area contributed by atoms with Crippen molar-refractivity contribution in [1.29, 1.82) is 0 Å². The molecule has 0 radical (unpaired) electrons. The van der Waals surface area contributed by atoms with Crippen molar-refractivity contribution in [1.82, 2.24) is 4.98 Å². The molecule has 0 amide bonds. The summed E-state index contributed by atoms with van der Waals surface area (Å²) in [5.74, 6) is 6.85. The summed E-state index contributed by atoms with van der Waals surface area (Å²) in [4.78, 5) is 4.08. The maximum Gasteiger partial charge on any atom is 0.141 e. The topological polar surface area (TPSA) is 63.0 Å². The van der Waals surface area contributed by atoms with Crippen LogP contribution in [0.15, 0.2) is 18.3 Å². The van der Waals surface area contributed by atoms with E-state index >= 15 is 0 Å². The van der Waals surface area contributed by atoms with Crippen LogP contribution in [0.1, 0.15) is 32.1 Å². The summed E-state index contributed by atoms with van der Waals surface area (Å²) >= 11 is 0. The molecule has 4 heteroatoms. The highest BCUT2D eigenvalue weighted by Crippen LogP contribution is 2.24. The van der Waals surface area contributed by atoms with E-state index in [0.717, 1.165) is 18.2 Å². The Bertz CT molecular complexity index is 321. The number of hydrogen-bond donors (Lipinski definition) is 3. The fourth-order valence-corrected chi connectivity index (χ4v) is 2.27. The smallest absolute Gasteiger partial charge is 0.141 e. The van der Waals surface area contributed by atoms with Crippen LogP contribution in [0.25, 0.3) is 0 Å². The molecule has 0 aromatic carbocycles. The van der Waals surface area contributed by atoms with E-state index < -0.39 is 0 Å². The second-order valence-electron chi connectivity index (χ2n) is 4.46. The molecule has 0 bridgehead atoms. The number of nitrogens with zero attached hydrogens (tertiary/aromatic N) is 1. The molecule has 88 valence electrons. The highest BCUT2D eigenvalue weighted by Gasteiger charge is 2.12. The summed E-state index contributed by atoms with van der Waals surface area (Å²) in [5, 5.41) is 3.45. The van der Waals surface area contributed by atoms with Gasteiger partial charge in [-0.2, -0.15) is 0 Å². The number of nitrogens with two attached hydrogens (primary N) is 1. The molecule has 1 aromatic rings. The number of hydrazine groups is 1. The summed E-state index contributed by atoms with van der Waals surface area (Å²) in [7, 11) is 0. The summed E-state index contributed by atoms with van der Waals surface area (Å²) in [6.07, 6.45) is 8.67. The van der Waals surface area contributed by atoms with Crippen molar-refractivity contribution >= 4 is 11.5 Å². The van der Waals surface area contributed by atoms with Crippen LogP contribution in [0.3, 0.4) is 0 Å². The number of pyridine rings is 1. The van der Waals surface area contributed by atoms with E-state index in [0.29, 0.717) is 5.82 Å². The molecular weight excluding hydrogens is 200 g/mol. The van der Waals surface area contributed by atoms with E-state index in [-0.39, 0.29) is 0 Å². The molecule has 0 saturated heterocycles. The third-order valence-corrected chi connectivity index (χ3v) is 3.23. The third kappa shape index (κ3) is 3.10. The van der Waals surface area contributed by atoms with E-state index in [9.17, 15) is 0 Å². The van der Waals surface area contributed by atoms with Gasteiger partial charge in [0.2, 0.25) is 0 Å². The molecular formula is C12H20N4. The Balaban J connectivity index is 1.83. The molecule has 1 aliphatic carbocycles. The second-order valence-corrected chi connectivity index (χ2v) is 4.46. The number of aromatic nitrogens is 1. The molecule has 4 N–H and O–H groups in total. The van der Waals surface area contributed by atoms with Gasteiger partial charge in [0.25, 0.3) is 0 Å². The fraction of sp³-hybridized carbons (Fsp3) is 0.583. The molecule has 16 heavy (non-hydrogen) atoms. The predicted octanol–water partition coefficient (Wildman–Crippen LogP) is 2.36. The van der Waals surface area contributed by atoms with Crippen molar-refractivity contribution in [3.63, 3.8) is 0 Å². The Kier molecular flexibility index (Phi) is 3.99. The Hall–Kier alpha value is -1.29. The average molecular weight is 220 g/mol. The van der Waals surface area contributed by atoms with Gasteiger partial charge in [0.1, 0.15) is 5.82 Å². The monoisotopic (exact) mass is 220 g/mol. The molecule has 1 saturated carbocycles. The summed E-state index contributed by atoms with van der Waals surface area (Å²) in [6, 6.07) is 3.91. The highest BCUT2D eigenvalue weighted by atomic mass is 15.2. The summed E-state index contributed by atoms with van der Waals surface area (Å²) < 4.78 is 0. The Labute approximate surface area is 96.6 Å². The zero-order valence-corrected chi connectivity index (χ0v) is 9.58. The Morgan fingerprint density at radius 3 is 2.88 bits per heavy atom. The van der Waals surface area contributed by atoms with Crippen LogP contribution in [0.5, 0.6) is 0 Å². The average Bonchev–Trinajstić information content (AvgIpc) is 2.38. The molecule has 0 atom stereocenters. The maximum absolute atomic E-state index is 5.32. The zero-order valence-electron chi connectivity index (χ0n) is 9.58. The lowest BCUT2D eigenvalue weighted by atomic mass is 9.89. The zero-order chi connectivity index (χ0) is 11.2. The van der Waals surface area contributed by atoms with Crippen LogP contribution in [0.2, 0.25) is 0 Å². The Morgan fingerprint density at radius 1 is 1.31 bits per heavy atom. The van der Waals surface area contributed by atoms with Crippen LogP contribution in [-0.2, 0) is 0 Å².